The minimum Gasteiger partial charge on any atom is -0.285 e. The summed E-state index contributed by atoms with van der Waals surface area (Å²) in [7, 11) is 0. The van der Waals surface area contributed by atoms with Crippen LogP contribution in [0.1, 0.15) is 16.2 Å². The van der Waals surface area contributed by atoms with Gasteiger partial charge in [0.1, 0.15) is 0 Å². The summed E-state index contributed by atoms with van der Waals surface area (Å²) in [5.41, 5.74) is 0.934. The summed E-state index contributed by atoms with van der Waals surface area (Å²) in [6, 6.07) is 9.91. The molecular formula is C15H6Cl2N2O2. The lowest BCUT2D eigenvalue weighted by molar-refractivity contribution is 0.103. The van der Waals surface area contributed by atoms with Gasteiger partial charge in [0.15, 0.2) is 5.82 Å². The van der Waals surface area contributed by atoms with Crippen LogP contribution < -0.4 is 5.56 Å². The van der Waals surface area contributed by atoms with Crippen LogP contribution in [0.15, 0.2) is 41.2 Å². The normalized spacial score (nSPS) is 12.6. The number of fused-ring (bicyclic) bond motifs is 4. The van der Waals surface area contributed by atoms with E-state index in [1.165, 1.54) is 16.7 Å². The molecule has 4 rings (SSSR count). The van der Waals surface area contributed by atoms with Gasteiger partial charge in [0.2, 0.25) is 5.78 Å². The molecule has 1 aromatic heterocycles. The topological polar surface area (TPSA) is 52.0 Å². The molecule has 0 spiro atoms. The molecule has 0 radical (unpaired) electrons. The molecule has 1 aliphatic heterocycles. The second-order valence-electron chi connectivity index (χ2n) is 4.71. The third kappa shape index (κ3) is 1.60. The molecule has 21 heavy (non-hydrogen) atoms. The minimum absolute atomic E-state index is 0.0814. The van der Waals surface area contributed by atoms with Crippen molar-refractivity contribution >= 4 is 39.9 Å². The van der Waals surface area contributed by atoms with E-state index in [2.05, 4.69) is 4.98 Å². The monoisotopic (exact) mass is 316 g/mol. The summed E-state index contributed by atoms with van der Waals surface area (Å²) in [6.07, 6.45) is 0. The van der Waals surface area contributed by atoms with Crippen molar-refractivity contribution in [2.45, 2.75) is 0 Å². The first-order valence-corrected chi connectivity index (χ1v) is 6.89. The van der Waals surface area contributed by atoms with Crippen LogP contribution in [-0.4, -0.2) is 15.3 Å². The van der Waals surface area contributed by atoms with Crippen molar-refractivity contribution in [1.29, 1.82) is 0 Å². The molecule has 0 atom stereocenters. The first-order valence-electron chi connectivity index (χ1n) is 6.14. The largest absolute Gasteiger partial charge is 0.285 e. The van der Waals surface area contributed by atoms with Crippen molar-refractivity contribution < 1.29 is 4.79 Å². The van der Waals surface area contributed by atoms with E-state index in [1.807, 2.05) is 0 Å². The van der Waals surface area contributed by atoms with E-state index in [4.69, 9.17) is 23.2 Å². The van der Waals surface area contributed by atoms with Crippen molar-refractivity contribution in [3.8, 4) is 5.69 Å². The zero-order valence-electron chi connectivity index (χ0n) is 10.4. The van der Waals surface area contributed by atoms with Gasteiger partial charge < -0.3 is 0 Å². The van der Waals surface area contributed by atoms with Crippen LogP contribution in [0.2, 0.25) is 10.0 Å². The number of halogens is 2. The summed E-state index contributed by atoms with van der Waals surface area (Å²) in [4.78, 5) is 29.3. The number of nitrogens with zero attached hydrogens (tertiary/aromatic N) is 2. The Morgan fingerprint density at radius 2 is 1.81 bits per heavy atom. The maximum absolute atomic E-state index is 12.7. The summed E-state index contributed by atoms with van der Waals surface area (Å²) in [5, 5.41) is 0.895. The first-order chi connectivity index (χ1) is 10.1. The van der Waals surface area contributed by atoms with Gasteiger partial charge >= 0.3 is 0 Å². The highest BCUT2D eigenvalue weighted by Gasteiger charge is 2.30. The van der Waals surface area contributed by atoms with Crippen LogP contribution in [0, 0.1) is 0 Å². The maximum Gasteiger partial charge on any atom is 0.266 e. The predicted molar refractivity (Wildman–Crippen MR) is 80.8 cm³/mol. The summed E-state index contributed by atoms with van der Waals surface area (Å²) in [5.74, 6) is -0.200. The quantitative estimate of drug-likeness (QED) is 0.500. The number of ketones is 1. The molecule has 4 nitrogen and oxygen atoms in total. The first kappa shape index (κ1) is 12.6. The maximum atomic E-state index is 12.7. The number of para-hydroxylation sites is 1. The molecular weight excluding hydrogens is 311 g/mol. The number of carbonyl (C=O) groups excluding carboxylic acids is 1. The lowest BCUT2D eigenvalue weighted by atomic mass is 10.1. The fourth-order valence-electron chi connectivity index (χ4n) is 2.57. The lowest BCUT2D eigenvalue weighted by Crippen LogP contribution is -2.21. The molecule has 0 N–H and O–H groups in total. The third-order valence-electron chi connectivity index (χ3n) is 3.48. The Kier molecular flexibility index (Phi) is 2.49. The fourth-order valence-corrected chi connectivity index (χ4v) is 3.11. The summed E-state index contributed by atoms with van der Waals surface area (Å²) < 4.78 is 1.31. The molecule has 0 unspecified atom stereocenters. The molecule has 0 amide bonds. The second kappa shape index (κ2) is 4.16. The molecule has 0 fully saturated rings. The third-order valence-corrected chi connectivity index (χ3v) is 3.99. The van der Waals surface area contributed by atoms with Crippen LogP contribution in [0.5, 0.6) is 0 Å². The molecule has 0 aliphatic carbocycles. The van der Waals surface area contributed by atoms with Gasteiger partial charge in [-0.3, -0.25) is 14.2 Å². The van der Waals surface area contributed by atoms with Crippen molar-refractivity contribution in [3.63, 3.8) is 0 Å². The number of aromatic nitrogens is 2. The number of hydrogen-bond donors (Lipinski definition) is 0. The smallest absolute Gasteiger partial charge is 0.266 e. The van der Waals surface area contributed by atoms with Crippen LogP contribution in [0.3, 0.4) is 0 Å². The van der Waals surface area contributed by atoms with Gasteiger partial charge in [-0.1, -0.05) is 35.3 Å². The summed E-state index contributed by atoms with van der Waals surface area (Å²) in [6.45, 7) is 0. The average molecular weight is 317 g/mol. The van der Waals surface area contributed by atoms with Crippen molar-refractivity contribution in [2.75, 3.05) is 0 Å². The van der Waals surface area contributed by atoms with E-state index in [1.54, 1.807) is 24.3 Å². The molecule has 2 aromatic carbocycles. The van der Waals surface area contributed by atoms with Crippen LogP contribution >= 0.6 is 23.2 Å². The standard InChI is InChI=1S/C15H6Cl2N2O2/c16-7-5-9-12(10(17)6-7)18-14-13(20)8-3-1-2-4-11(8)19(14)15(9)21/h1-6H. The highest BCUT2D eigenvalue weighted by atomic mass is 35.5. The van der Waals surface area contributed by atoms with Gasteiger partial charge in [-0.15, -0.1) is 0 Å². The zero-order valence-corrected chi connectivity index (χ0v) is 11.9. The second-order valence-corrected chi connectivity index (χ2v) is 5.55. The van der Waals surface area contributed by atoms with Crippen molar-refractivity contribution in [1.82, 2.24) is 9.55 Å². The molecule has 0 saturated carbocycles. The lowest BCUT2D eigenvalue weighted by Gasteiger charge is -2.06. The van der Waals surface area contributed by atoms with Gasteiger partial charge in [0.05, 0.1) is 27.2 Å². The van der Waals surface area contributed by atoms with Gasteiger partial charge in [-0.2, -0.15) is 0 Å². The molecule has 0 bridgehead atoms. The van der Waals surface area contributed by atoms with Crippen LogP contribution in [0.25, 0.3) is 16.6 Å². The Morgan fingerprint density at radius 3 is 2.62 bits per heavy atom. The van der Waals surface area contributed by atoms with Crippen LogP contribution in [0.4, 0.5) is 0 Å². The number of benzene rings is 2. The van der Waals surface area contributed by atoms with Gasteiger partial charge in [0.25, 0.3) is 5.56 Å². The highest BCUT2D eigenvalue weighted by Crippen LogP contribution is 2.29. The van der Waals surface area contributed by atoms with E-state index in [-0.39, 0.29) is 22.2 Å². The molecule has 3 aromatic rings. The molecule has 0 saturated heterocycles. The predicted octanol–water partition coefficient (Wildman–Crippen LogP) is 3.24. The Hall–Kier alpha value is -2.17. The average Bonchev–Trinajstić information content (AvgIpc) is 2.75. The molecule has 2 heterocycles. The zero-order chi connectivity index (χ0) is 14.7. The van der Waals surface area contributed by atoms with Gasteiger partial charge in [0, 0.05) is 5.02 Å². The van der Waals surface area contributed by atoms with Gasteiger partial charge in [-0.25, -0.2) is 4.98 Å². The fraction of sp³-hybridized carbons (Fsp3) is 0. The number of carbonyl (C=O) groups is 1. The Labute approximate surface area is 128 Å². The van der Waals surface area contributed by atoms with E-state index in [0.717, 1.165) is 0 Å². The molecule has 1 aliphatic rings. The Balaban J connectivity index is 2.23. The number of hydrogen-bond acceptors (Lipinski definition) is 3. The molecule has 102 valence electrons. The van der Waals surface area contributed by atoms with Crippen LogP contribution in [-0.2, 0) is 0 Å². The van der Waals surface area contributed by atoms with E-state index < -0.39 is 0 Å². The Morgan fingerprint density at radius 1 is 1.05 bits per heavy atom. The van der Waals surface area contributed by atoms with E-state index in [0.29, 0.717) is 27.2 Å². The van der Waals surface area contributed by atoms with E-state index >= 15 is 0 Å². The van der Waals surface area contributed by atoms with Crippen molar-refractivity contribution in [2.24, 2.45) is 0 Å². The van der Waals surface area contributed by atoms with E-state index in [9.17, 15) is 9.59 Å². The molecule has 6 heteroatoms. The van der Waals surface area contributed by atoms with Gasteiger partial charge in [-0.05, 0) is 24.3 Å². The SMILES string of the molecule is O=C1c2ccccc2-n2c1nc1c(Cl)cc(Cl)cc1c2=O. The van der Waals surface area contributed by atoms with Crippen molar-refractivity contribution in [3.05, 3.63) is 68.2 Å². The Bertz CT molecular complexity index is 1010. The highest BCUT2D eigenvalue weighted by molar-refractivity contribution is 6.38. The number of rotatable bonds is 0. The summed E-state index contributed by atoms with van der Waals surface area (Å²) >= 11 is 12.0. The minimum atomic E-state index is -0.349.